The number of hydrogen-bond donors (Lipinski definition) is 0. The summed E-state index contributed by atoms with van der Waals surface area (Å²) in [6, 6.07) is 0. The van der Waals surface area contributed by atoms with Gasteiger partial charge in [-0.2, -0.15) is 18.3 Å². The number of carbonyl (C=O) groups excluding carboxylic acids is 1. The highest BCUT2D eigenvalue weighted by molar-refractivity contribution is 5.82. The molecule has 0 spiro atoms. The molecule has 3 nitrogen and oxygen atoms in total. The zero-order valence-electron chi connectivity index (χ0n) is 8.17. The second kappa shape index (κ2) is 3.88. The lowest BCUT2D eigenvalue weighted by Crippen LogP contribution is -2.09. The van der Waals surface area contributed by atoms with Crippen molar-refractivity contribution >= 4 is 12.4 Å². The Morgan fingerprint density at radius 1 is 1.40 bits per heavy atom. The van der Waals surface area contributed by atoms with Crippen LogP contribution in [0.5, 0.6) is 0 Å². The first-order chi connectivity index (χ1) is 6.91. The molecule has 1 aromatic rings. The molecule has 0 saturated heterocycles. The number of aromatic nitrogens is 2. The Bertz CT molecular complexity index is 404. The van der Waals surface area contributed by atoms with Gasteiger partial charge in [0, 0.05) is 7.05 Å². The van der Waals surface area contributed by atoms with Crippen LogP contribution in [0.2, 0.25) is 0 Å². The van der Waals surface area contributed by atoms with Gasteiger partial charge >= 0.3 is 6.18 Å². The third kappa shape index (κ3) is 2.08. The first-order valence-electron chi connectivity index (χ1n) is 4.14. The minimum Gasteiger partial charge on any atom is -0.298 e. The Hall–Kier alpha value is -1.59. The molecule has 0 N–H and O–H groups in total. The third-order valence-corrected chi connectivity index (χ3v) is 1.84. The highest BCUT2D eigenvalue weighted by Gasteiger charge is 2.38. The fourth-order valence-corrected chi connectivity index (χ4v) is 1.23. The summed E-state index contributed by atoms with van der Waals surface area (Å²) < 4.78 is 38.3. The van der Waals surface area contributed by atoms with Gasteiger partial charge in [-0.25, -0.2) is 0 Å². The van der Waals surface area contributed by atoms with Gasteiger partial charge in [-0.05, 0) is 13.0 Å². The predicted molar refractivity (Wildman–Crippen MR) is 48.3 cm³/mol. The molecule has 0 unspecified atom stereocenters. The summed E-state index contributed by atoms with van der Waals surface area (Å²) in [5, 5.41) is 3.28. The Balaban J connectivity index is 3.44. The zero-order valence-corrected chi connectivity index (χ0v) is 8.17. The van der Waals surface area contributed by atoms with Crippen molar-refractivity contribution in [3.05, 3.63) is 23.0 Å². The molecule has 0 fully saturated rings. The van der Waals surface area contributed by atoms with Gasteiger partial charge < -0.3 is 0 Å². The summed E-state index contributed by atoms with van der Waals surface area (Å²) in [5.74, 6) is 0. The largest absolute Gasteiger partial charge is 0.435 e. The van der Waals surface area contributed by atoms with Crippen LogP contribution in [0.4, 0.5) is 13.2 Å². The molecule has 0 radical (unpaired) electrons. The van der Waals surface area contributed by atoms with E-state index in [4.69, 9.17) is 0 Å². The first kappa shape index (κ1) is 11.5. The lowest BCUT2D eigenvalue weighted by Gasteiger charge is -2.01. The fourth-order valence-electron chi connectivity index (χ4n) is 1.23. The Labute approximate surface area is 84.2 Å². The average Bonchev–Trinajstić information content (AvgIpc) is 2.44. The predicted octanol–water partition coefficient (Wildman–Crippen LogP) is 2.28. The van der Waals surface area contributed by atoms with Crippen LogP contribution < -0.4 is 0 Å². The van der Waals surface area contributed by atoms with Gasteiger partial charge in [0.15, 0.2) is 12.0 Å². The average molecular weight is 218 g/mol. The molecule has 1 rings (SSSR count). The van der Waals surface area contributed by atoms with E-state index in [0.29, 0.717) is 0 Å². The summed E-state index contributed by atoms with van der Waals surface area (Å²) in [6.07, 6.45) is -1.48. The molecule has 0 amide bonds. The molecule has 0 bridgehead atoms. The zero-order chi connectivity index (χ0) is 11.6. The Kier molecular flexibility index (Phi) is 2.97. The fraction of sp³-hybridized carbons (Fsp3) is 0.333. The summed E-state index contributed by atoms with van der Waals surface area (Å²) in [4.78, 5) is 10.6. The molecule has 82 valence electrons. The van der Waals surface area contributed by atoms with Gasteiger partial charge in [0.05, 0.1) is 11.3 Å². The van der Waals surface area contributed by atoms with Crippen molar-refractivity contribution in [2.75, 3.05) is 0 Å². The number of nitrogens with zero attached hydrogens (tertiary/aromatic N) is 2. The van der Waals surface area contributed by atoms with Crippen molar-refractivity contribution in [1.82, 2.24) is 9.78 Å². The van der Waals surface area contributed by atoms with Crippen molar-refractivity contribution < 1.29 is 18.0 Å². The number of aldehydes is 1. The van der Waals surface area contributed by atoms with Crippen molar-refractivity contribution in [3.63, 3.8) is 0 Å². The maximum Gasteiger partial charge on any atom is 0.435 e. The lowest BCUT2D eigenvalue weighted by atomic mass is 10.2. The van der Waals surface area contributed by atoms with Crippen LogP contribution in [0.15, 0.2) is 6.08 Å². The van der Waals surface area contributed by atoms with Crippen molar-refractivity contribution in [1.29, 1.82) is 0 Å². The number of hydrogen-bond acceptors (Lipinski definition) is 2. The minimum absolute atomic E-state index is 0.153. The molecule has 1 aromatic heterocycles. The molecule has 6 heteroatoms. The summed E-state index contributed by atoms with van der Waals surface area (Å²) in [5.41, 5.74) is -1.42. The number of aryl methyl sites for hydroxylation is 1. The van der Waals surface area contributed by atoms with Crippen molar-refractivity contribution in [3.8, 4) is 0 Å². The number of rotatable bonds is 2. The SMILES string of the molecule is C/C=C/c1c(C=O)c(C(F)(F)F)nn1C. The molecule has 1 heterocycles. The van der Waals surface area contributed by atoms with E-state index in [1.807, 2.05) is 0 Å². The monoisotopic (exact) mass is 218 g/mol. The van der Waals surface area contributed by atoms with Gasteiger partial charge in [0.2, 0.25) is 0 Å². The van der Waals surface area contributed by atoms with E-state index in [1.54, 1.807) is 13.0 Å². The normalized spacial score (nSPS) is 12.3. The summed E-state index contributed by atoms with van der Waals surface area (Å²) in [6.45, 7) is 1.65. The molecular formula is C9H9F3N2O. The van der Waals surface area contributed by atoms with E-state index in [9.17, 15) is 18.0 Å². The van der Waals surface area contributed by atoms with Crippen molar-refractivity contribution in [2.24, 2.45) is 7.05 Å². The van der Waals surface area contributed by atoms with Gasteiger partial charge in [-0.3, -0.25) is 9.48 Å². The molecule has 0 aromatic carbocycles. The quantitative estimate of drug-likeness (QED) is 0.714. The third-order valence-electron chi connectivity index (χ3n) is 1.84. The molecular weight excluding hydrogens is 209 g/mol. The first-order valence-corrected chi connectivity index (χ1v) is 4.14. The second-order valence-electron chi connectivity index (χ2n) is 2.89. The Morgan fingerprint density at radius 2 is 2.00 bits per heavy atom. The van der Waals surface area contributed by atoms with Crippen LogP contribution in [0.3, 0.4) is 0 Å². The number of allylic oxidation sites excluding steroid dienone is 1. The van der Waals surface area contributed by atoms with E-state index >= 15 is 0 Å². The minimum atomic E-state index is -4.60. The summed E-state index contributed by atoms with van der Waals surface area (Å²) in [7, 11) is 1.36. The van der Waals surface area contributed by atoms with Crippen LogP contribution in [0.25, 0.3) is 6.08 Å². The van der Waals surface area contributed by atoms with Crippen LogP contribution in [0, 0.1) is 0 Å². The maximum absolute atomic E-state index is 12.4. The molecule has 0 atom stereocenters. The second-order valence-corrected chi connectivity index (χ2v) is 2.89. The molecule has 0 aliphatic heterocycles. The van der Waals surface area contributed by atoms with Crippen molar-refractivity contribution in [2.45, 2.75) is 13.1 Å². The van der Waals surface area contributed by atoms with Gasteiger partial charge in [0.25, 0.3) is 0 Å². The number of alkyl halides is 3. The topological polar surface area (TPSA) is 34.9 Å². The van der Waals surface area contributed by atoms with Gasteiger partial charge in [-0.15, -0.1) is 0 Å². The molecule has 15 heavy (non-hydrogen) atoms. The molecule has 0 saturated carbocycles. The van der Waals surface area contributed by atoms with E-state index in [2.05, 4.69) is 5.10 Å². The van der Waals surface area contributed by atoms with E-state index in [-0.39, 0.29) is 12.0 Å². The number of halogens is 3. The highest BCUT2D eigenvalue weighted by atomic mass is 19.4. The van der Waals surface area contributed by atoms with E-state index in [1.165, 1.54) is 13.1 Å². The Morgan fingerprint density at radius 3 is 2.40 bits per heavy atom. The van der Waals surface area contributed by atoms with Gasteiger partial charge in [-0.1, -0.05) is 6.08 Å². The van der Waals surface area contributed by atoms with Crippen LogP contribution in [-0.4, -0.2) is 16.1 Å². The van der Waals surface area contributed by atoms with Crippen LogP contribution in [0.1, 0.15) is 28.7 Å². The van der Waals surface area contributed by atoms with E-state index in [0.717, 1.165) is 4.68 Å². The molecule has 0 aliphatic rings. The smallest absolute Gasteiger partial charge is 0.298 e. The highest BCUT2D eigenvalue weighted by Crippen LogP contribution is 2.31. The summed E-state index contributed by atoms with van der Waals surface area (Å²) >= 11 is 0. The van der Waals surface area contributed by atoms with Crippen LogP contribution >= 0.6 is 0 Å². The molecule has 0 aliphatic carbocycles. The van der Waals surface area contributed by atoms with E-state index < -0.39 is 17.4 Å². The number of carbonyl (C=O) groups is 1. The van der Waals surface area contributed by atoms with Crippen LogP contribution in [-0.2, 0) is 13.2 Å². The standard InChI is InChI=1S/C9H9F3N2O/c1-3-4-7-6(5-15)8(9(10,11)12)13-14(7)2/h3-5H,1-2H3/b4-3+. The maximum atomic E-state index is 12.4. The lowest BCUT2D eigenvalue weighted by molar-refractivity contribution is -0.141. The van der Waals surface area contributed by atoms with Gasteiger partial charge in [0.1, 0.15) is 0 Å².